The quantitative estimate of drug-likeness (QED) is 0.268. The molecule has 0 bridgehead atoms. The van der Waals surface area contributed by atoms with Crippen LogP contribution in [0.15, 0.2) is 0 Å². The van der Waals surface area contributed by atoms with Crippen molar-refractivity contribution in [3.8, 4) is 0 Å². The summed E-state index contributed by atoms with van der Waals surface area (Å²) in [6.07, 6.45) is 1.51. The summed E-state index contributed by atoms with van der Waals surface area (Å²) in [6, 6.07) is -1.61. The van der Waals surface area contributed by atoms with E-state index in [0.717, 1.165) is 6.92 Å². The first-order valence-electron chi connectivity index (χ1n) is 12.2. The van der Waals surface area contributed by atoms with Gasteiger partial charge in [-0.05, 0) is 58.6 Å². The zero-order valence-corrected chi connectivity index (χ0v) is 17.7. The largest absolute Gasteiger partial charge is 0.330 e. The van der Waals surface area contributed by atoms with Gasteiger partial charge in [0.25, 0.3) is 0 Å². The van der Waals surface area contributed by atoms with E-state index in [1.807, 2.05) is 0 Å². The summed E-state index contributed by atoms with van der Waals surface area (Å²) in [5.41, 5.74) is 11.5. The van der Waals surface area contributed by atoms with E-state index >= 15 is 0 Å². The van der Waals surface area contributed by atoms with Gasteiger partial charge in [-0.15, -0.1) is 0 Å². The van der Waals surface area contributed by atoms with E-state index in [1.54, 1.807) is 0 Å². The summed E-state index contributed by atoms with van der Waals surface area (Å²) in [5.74, 6) is -4.16. The monoisotopic (exact) mass is 444 g/mol. The van der Waals surface area contributed by atoms with Crippen molar-refractivity contribution < 1.29 is 22.7 Å². The molecule has 0 radical (unpaired) electrons. The third-order valence-corrected chi connectivity index (χ3v) is 7.96. The van der Waals surface area contributed by atoms with Gasteiger partial charge in [-0.25, -0.2) is 21.9 Å². The maximum absolute atomic E-state index is 13.7. The molecule has 29 heavy (non-hydrogen) atoms. The van der Waals surface area contributed by atoms with Crippen molar-refractivity contribution in [2.24, 2.45) is 23.3 Å². The Hall–Kier alpha value is -0.430. The average Bonchev–Trinajstić information content (AvgIpc) is 2.67. The highest BCUT2D eigenvalue weighted by molar-refractivity contribution is 7.90. The van der Waals surface area contributed by atoms with E-state index < -0.39 is 64.8 Å². The number of halogens is 2. The molecule has 1 heterocycles. The van der Waals surface area contributed by atoms with Crippen molar-refractivity contribution in [1.82, 2.24) is 20.7 Å². The SMILES string of the molecule is [2H]C(N)C1CCCC(NS(=O)(=O)C(CN)CNC2CC(C(C)(F)F)CCN2)C1NC([2H])([2H])[2H]. The molecule has 1 saturated carbocycles. The van der Waals surface area contributed by atoms with Crippen molar-refractivity contribution in [2.75, 3.05) is 33.1 Å². The van der Waals surface area contributed by atoms with E-state index in [0.29, 0.717) is 32.2 Å². The van der Waals surface area contributed by atoms with Gasteiger partial charge in [-0.3, -0.25) is 0 Å². The highest BCUT2D eigenvalue weighted by Crippen LogP contribution is 2.32. The second kappa shape index (κ2) is 10.7. The summed E-state index contributed by atoms with van der Waals surface area (Å²) < 4.78 is 86.6. The molecule has 0 aromatic heterocycles. The van der Waals surface area contributed by atoms with E-state index in [2.05, 4.69) is 20.7 Å². The first kappa shape index (κ1) is 19.3. The minimum Gasteiger partial charge on any atom is -0.330 e. The lowest BCUT2D eigenvalue weighted by Crippen LogP contribution is -2.59. The zero-order chi connectivity index (χ0) is 25.0. The summed E-state index contributed by atoms with van der Waals surface area (Å²) in [7, 11) is -3.99. The standard InChI is InChI=1S/C18H38F2N6O2S/c1-18(19,20)13-6-7-24-16(8-13)25-11-14(10-22)29(27,28)26-15-5-3-4-12(9-21)17(15)23-2/h12-17,23-26H,3-11,21-22H2,1-2H3/i2D3,9D. The third-order valence-electron chi connectivity index (χ3n) is 6.09. The van der Waals surface area contributed by atoms with Crippen LogP contribution in [0.3, 0.4) is 0 Å². The minimum absolute atomic E-state index is 0.0586. The lowest BCUT2D eigenvalue weighted by molar-refractivity contribution is -0.0576. The molecule has 0 amide bonds. The maximum atomic E-state index is 13.7. The fourth-order valence-electron chi connectivity index (χ4n) is 4.22. The van der Waals surface area contributed by atoms with Gasteiger partial charge in [0.05, 0.1) is 6.17 Å². The van der Waals surface area contributed by atoms with Gasteiger partial charge >= 0.3 is 0 Å². The Balaban J connectivity index is 2.06. The zero-order valence-electron chi connectivity index (χ0n) is 20.8. The fraction of sp³-hybridized carbons (Fsp3) is 1.00. The van der Waals surface area contributed by atoms with Crippen molar-refractivity contribution in [2.45, 2.75) is 68.4 Å². The number of nitrogens with two attached hydrogens (primary N) is 2. The summed E-state index contributed by atoms with van der Waals surface area (Å²) >= 11 is 0. The van der Waals surface area contributed by atoms with Crippen LogP contribution in [0.25, 0.3) is 0 Å². The molecule has 1 saturated heterocycles. The van der Waals surface area contributed by atoms with Crippen molar-refractivity contribution in [3.05, 3.63) is 0 Å². The molecule has 1 aliphatic carbocycles. The normalized spacial score (nSPS) is 36.4. The molecule has 2 rings (SSSR count). The number of hydrogen-bond acceptors (Lipinski definition) is 7. The lowest BCUT2D eigenvalue weighted by Gasteiger charge is -2.38. The molecular weight excluding hydrogens is 402 g/mol. The van der Waals surface area contributed by atoms with Gasteiger partial charge in [0.1, 0.15) is 5.25 Å². The molecule has 7 atom stereocenters. The molecule has 0 spiro atoms. The van der Waals surface area contributed by atoms with Crippen molar-refractivity contribution in [3.63, 3.8) is 0 Å². The van der Waals surface area contributed by atoms with Crippen LogP contribution >= 0.6 is 0 Å². The van der Waals surface area contributed by atoms with E-state index in [4.69, 9.17) is 17.0 Å². The summed E-state index contributed by atoms with van der Waals surface area (Å²) in [4.78, 5) is 0. The molecule has 11 heteroatoms. The predicted octanol–water partition coefficient (Wildman–Crippen LogP) is -0.481. The highest BCUT2D eigenvalue weighted by Gasteiger charge is 2.39. The lowest BCUT2D eigenvalue weighted by atomic mass is 9.81. The van der Waals surface area contributed by atoms with Crippen LogP contribution in [-0.2, 0) is 10.0 Å². The Morgan fingerprint density at radius 2 is 2.10 bits per heavy atom. The Morgan fingerprint density at radius 1 is 1.34 bits per heavy atom. The molecule has 8 N–H and O–H groups in total. The number of piperidine rings is 1. The first-order valence-corrected chi connectivity index (χ1v) is 11.7. The number of hydrogen-bond donors (Lipinski definition) is 6. The Kier molecular flexibility index (Phi) is 7.14. The number of likely N-dealkylation sites (N-methyl/N-ethyl adjacent to an activating group) is 1. The van der Waals surface area contributed by atoms with Crippen molar-refractivity contribution in [1.29, 1.82) is 0 Å². The molecule has 172 valence electrons. The summed E-state index contributed by atoms with van der Waals surface area (Å²) in [5, 5.41) is 7.48. The summed E-state index contributed by atoms with van der Waals surface area (Å²) in [6.45, 7) is -2.58. The van der Waals surface area contributed by atoms with Gasteiger partial charge in [-0.2, -0.15) is 0 Å². The van der Waals surface area contributed by atoms with E-state index in [-0.39, 0.29) is 19.5 Å². The van der Waals surface area contributed by atoms with E-state index in [1.165, 1.54) is 0 Å². The number of alkyl halides is 2. The molecule has 7 unspecified atom stereocenters. The van der Waals surface area contributed by atoms with Gasteiger partial charge in [0, 0.05) is 36.6 Å². The average molecular weight is 445 g/mol. The van der Waals surface area contributed by atoms with Crippen LogP contribution in [-0.4, -0.2) is 71.0 Å². The Labute approximate surface area is 179 Å². The second-order valence-electron chi connectivity index (χ2n) is 8.18. The van der Waals surface area contributed by atoms with Crippen LogP contribution in [0, 0.1) is 11.8 Å². The number of rotatable bonds is 10. The smallest absolute Gasteiger partial charge is 0.248 e. The van der Waals surface area contributed by atoms with Gasteiger partial charge in [0.15, 0.2) is 0 Å². The van der Waals surface area contributed by atoms with Crippen LogP contribution in [0.2, 0.25) is 0 Å². The van der Waals surface area contributed by atoms with Crippen LogP contribution in [0.4, 0.5) is 8.78 Å². The molecule has 8 nitrogen and oxygen atoms in total. The second-order valence-corrected chi connectivity index (χ2v) is 10.2. The van der Waals surface area contributed by atoms with Gasteiger partial charge < -0.3 is 27.4 Å². The number of sulfonamides is 1. The van der Waals surface area contributed by atoms with Crippen LogP contribution in [0.5, 0.6) is 0 Å². The Morgan fingerprint density at radius 3 is 2.72 bits per heavy atom. The highest BCUT2D eigenvalue weighted by atomic mass is 32.2. The Bertz CT molecular complexity index is 726. The van der Waals surface area contributed by atoms with Crippen LogP contribution < -0.4 is 32.1 Å². The van der Waals surface area contributed by atoms with Crippen molar-refractivity contribution >= 4 is 10.0 Å². The molecule has 1 aliphatic heterocycles. The molecule has 2 fully saturated rings. The maximum Gasteiger partial charge on any atom is 0.248 e. The molecule has 0 aromatic rings. The number of nitrogens with one attached hydrogen (secondary N) is 4. The predicted molar refractivity (Wildman–Crippen MR) is 111 cm³/mol. The van der Waals surface area contributed by atoms with Crippen LogP contribution in [0.1, 0.15) is 44.5 Å². The first-order chi connectivity index (χ1) is 15.1. The van der Waals surface area contributed by atoms with Gasteiger partial charge in [-0.1, -0.05) is 6.42 Å². The topological polar surface area (TPSA) is 134 Å². The van der Waals surface area contributed by atoms with Gasteiger partial charge in [0.2, 0.25) is 15.9 Å². The molecule has 0 aromatic carbocycles. The molecular formula is C18H38F2N6O2S. The minimum atomic E-state index is -3.99. The van der Waals surface area contributed by atoms with E-state index in [9.17, 15) is 17.2 Å². The molecule has 2 aliphatic rings. The fourth-order valence-corrected chi connectivity index (χ4v) is 5.67. The third kappa shape index (κ3) is 6.78.